The van der Waals surface area contributed by atoms with Gasteiger partial charge in [-0.2, -0.15) is 26.3 Å². The van der Waals surface area contributed by atoms with Crippen LogP contribution in [0.4, 0.5) is 70.1 Å². The summed E-state index contributed by atoms with van der Waals surface area (Å²) in [4.78, 5) is 43.5. The molecule has 5 amide bonds. The molecule has 0 radical (unpaired) electrons. The topological polar surface area (TPSA) is 315 Å². The van der Waals surface area contributed by atoms with Gasteiger partial charge in [-0.3, -0.25) is 15.1 Å². The number of halogens is 6. The summed E-state index contributed by atoms with van der Waals surface area (Å²) in [6.07, 6.45) is -9.96. The Labute approximate surface area is 387 Å². The van der Waals surface area contributed by atoms with E-state index in [0.29, 0.717) is 83.4 Å². The summed E-state index contributed by atoms with van der Waals surface area (Å²) in [5.41, 5.74) is 18.2. The number of carbonyl (C=O) groups excluding carboxylic acids is 3. The predicted molar refractivity (Wildman–Crippen MR) is 245 cm³/mol. The molecule has 3 aromatic carbocycles. The number of guanidine groups is 1. The maximum atomic E-state index is 14.2. The number of alkyl halides is 6. The zero-order valence-electron chi connectivity index (χ0n) is 36.8. The molecule has 3 unspecified atom stereocenters. The molecule has 0 saturated carbocycles. The fraction of sp³-hybridized carbons (Fsp3) is 0.476. The Bertz CT molecular complexity index is 2180. The van der Waals surface area contributed by atoms with Crippen LogP contribution in [0.15, 0.2) is 53.5 Å². The number of amides is 5. The summed E-state index contributed by atoms with van der Waals surface area (Å²) in [7, 11) is 0. The first-order chi connectivity index (χ1) is 32.2. The minimum Gasteiger partial charge on any atom is -0.485 e. The lowest BCUT2D eigenvalue weighted by Gasteiger charge is -2.24. The van der Waals surface area contributed by atoms with E-state index in [9.17, 15) is 45.8 Å². The van der Waals surface area contributed by atoms with Crippen molar-refractivity contribution >= 4 is 58.1 Å². The first-order valence-corrected chi connectivity index (χ1v) is 21.8. The third kappa shape index (κ3) is 17.1. The highest BCUT2D eigenvalue weighted by Gasteiger charge is 2.35. The number of hydrogen-bond donors (Lipinski definition) is 14. The quantitative estimate of drug-likeness (QED) is 0.0216. The van der Waals surface area contributed by atoms with Gasteiger partial charge in [-0.1, -0.05) is 0 Å². The Morgan fingerprint density at radius 1 is 0.706 bits per heavy atom. The number of aliphatic hydroxyl groups excluding tert-OH is 1. The second kappa shape index (κ2) is 24.6. The van der Waals surface area contributed by atoms with Crippen molar-refractivity contribution in [2.45, 2.75) is 88.4 Å². The average Bonchev–Trinajstić information content (AvgIpc) is 3.97. The van der Waals surface area contributed by atoms with Crippen LogP contribution >= 0.6 is 0 Å². The molecular weight excluding hydrogens is 911 g/mol. The molecule has 0 bridgehead atoms. The second-order valence-electron chi connectivity index (χ2n) is 15.9. The number of aliphatic imine (C=N–C) groups is 1. The van der Waals surface area contributed by atoms with Crippen LogP contribution in [0.1, 0.15) is 62.5 Å². The number of nitrogens with zero attached hydrogens (tertiary/aromatic N) is 1. The van der Waals surface area contributed by atoms with Gasteiger partial charge in [0, 0.05) is 37.4 Å². The Balaban J connectivity index is 1.29. The van der Waals surface area contributed by atoms with Crippen molar-refractivity contribution in [1.29, 1.82) is 0 Å². The molecule has 26 heteroatoms. The van der Waals surface area contributed by atoms with E-state index in [1.807, 2.05) is 0 Å². The van der Waals surface area contributed by atoms with E-state index in [2.05, 4.69) is 52.8 Å². The molecule has 3 atom stereocenters. The minimum atomic E-state index is -4.89. The monoisotopic (exact) mass is 968 g/mol. The number of benzene rings is 3. The lowest BCUT2D eigenvalue weighted by molar-refractivity contribution is -0.138. The number of carbonyl (C=O) groups is 3. The first-order valence-electron chi connectivity index (χ1n) is 21.8. The molecule has 3 aromatic rings. The van der Waals surface area contributed by atoms with Crippen LogP contribution in [0.25, 0.3) is 0 Å². The fourth-order valence-electron chi connectivity index (χ4n) is 7.02. The van der Waals surface area contributed by atoms with E-state index in [1.54, 1.807) is 0 Å². The van der Waals surface area contributed by atoms with Crippen LogP contribution in [0, 0.1) is 0 Å². The van der Waals surface area contributed by atoms with E-state index < -0.39 is 66.2 Å². The average molecular weight is 969 g/mol. The molecule has 68 heavy (non-hydrogen) atoms. The molecule has 2 aliphatic rings. The highest BCUT2D eigenvalue weighted by Crippen LogP contribution is 2.43. The van der Waals surface area contributed by atoms with Crippen LogP contribution in [0.2, 0.25) is 0 Å². The molecule has 18 N–H and O–H groups in total. The maximum Gasteiger partial charge on any atom is 0.416 e. The largest absolute Gasteiger partial charge is 0.485 e. The summed E-state index contributed by atoms with van der Waals surface area (Å²) < 4.78 is 97.3. The van der Waals surface area contributed by atoms with Gasteiger partial charge in [0.1, 0.15) is 24.7 Å². The molecule has 2 fully saturated rings. The van der Waals surface area contributed by atoms with Crippen LogP contribution < -0.4 is 80.3 Å². The SMILES string of the molecule is NC(N)=NCCCCC(O)Nc1cc(C(F)(F)F)cc(NC(=O)Nc2ccc(NC(=O)Nc3cc(C(F)(F)F)cc(NC(=O)CCCCNC(N)N)c3OC3CCNC3)cc2)c1OC1CCNC1. The van der Waals surface area contributed by atoms with Crippen LogP contribution in [0.3, 0.4) is 0 Å². The van der Waals surface area contributed by atoms with Gasteiger partial charge in [0.25, 0.3) is 0 Å². The summed E-state index contributed by atoms with van der Waals surface area (Å²) in [6, 6.07) is 6.32. The third-order valence-electron chi connectivity index (χ3n) is 10.3. The Hall–Kier alpha value is -6.32. The lowest BCUT2D eigenvalue weighted by atomic mass is 10.1. The Kier molecular flexibility index (Phi) is 19.1. The third-order valence-corrected chi connectivity index (χ3v) is 10.3. The number of aliphatic hydroxyl groups is 1. The number of nitrogens with two attached hydrogens (primary N) is 4. The zero-order chi connectivity index (χ0) is 49.4. The number of ether oxygens (including phenoxy) is 2. The zero-order valence-corrected chi connectivity index (χ0v) is 36.8. The molecule has 2 saturated heterocycles. The molecule has 20 nitrogen and oxygen atoms in total. The Morgan fingerprint density at radius 3 is 1.65 bits per heavy atom. The van der Waals surface area contributed by atoms with Gasteiger partial charge in [0.05, 0.1) is 33.9 Å². The summed E-state index contributed by atoms with van der Waals surface area (Å²) in [5.74, 6) is -1.04. The van der Waals surface area contributed by atoms with E-state index in [1.165, 1.54) is 24.3 Å². The van der Waals surface area contributed by atoms with Gasteiger partial charge in [-0.15, -0.1) is 0 Å². The van der Waals surface area contributed by atoms with E-state index in [-0.39, 0.29) is 71.0 Å². The second-order valence-corrected chi connectivity index (χ2v) is 15.9. The smallest absolute Gasteiger partial charge is 0.416 e. The van der Waals surface area contributed by atoms with Crippen molar-refractivity contribution in [3.8, 4) is 11.5 Å². The van der Waals surface area contributed by atoms with Crippen LogP contribution in [-0.4, -0.2) is 93.0 Å². The van der Waals surface area contributed by atoms with Gasteiger partial charge in [0.15, 0.2) is 17.5 Å². The highest BCUT2D eigenvalue weighted by molar-refractivity contribution is 6.04. The molecule has 2 heterocycles. The number of hydrogen-bond acceptors (Lipinski definition) is 13. The number of urea groups is 2. The predicted octanol–water partition coefficient (Wildman–Crippen LogP) is 4.57. The number of anilines is 6. The van der Waals surface area contributed by atoms with E-state index in [0.717, 1.165) is 12.1 Å². The first kappa shape index (κ1) is 52.6. The molecule has 0 aromatic heterocycles. The van der Waals surface area contributed by atoms with Gasteiger partial charge in [-0.05, 0) is 113 Å². The van der Waals surface area contributed by atoms with Crippen molar-refractivity contribution in [1.82, 2.24) is 16.0 Å². The molecule has 0 aliphatic carbocycles. The molecule has 0 spiro atoms. The van der Waals surface area contributed by atoms with Gasteiger partial charge < -0.3 is 80.0 Å². The normalized spacial score (nSPS) is 16.4. The van der Waals surface area contributed by atoms with Crippen molar-refractivity contribution in [3.05, 3.63) is 59.7 Å². The number of rotatable bonds is 22. The van der Waals surface area contributed by atoms with Gasteiger partial charge in [0.2, 0.25) is 5.91 Å². The number of unbranched alkanes of at least 4 members (excludes halogenated alkanes) is 2. The highest BCUT2D eigenvalue weighted by atomic mass is 19.4. The van der Waals surface area contributed by atoms with E-state index >= 15 is 0 Å². The van der Waals surface area contributed by atoms with Crippen molar-refractivity contribution in [2.75, 3.05) is 71.2 Å². The molecule has 5 rings (SSSR count). The molecular formula is C42H58F6N14O6. The standard InChI is InChI=1S/C42H58F6N14O6/c43-41(44,45)23-17-29(59-33(63)5-1-3-13-55-37(49)50)35(67-27-11-15-53-21-27)31(19-23)61-39(65)57-25-7-9-26(10-8-25)58-40(66)62-32-20-24(42(46,47)48)18-30(36(32)68-28-12-16-54-22-28)60-34(64)6-2-4-14-56-38(51)52/h7-10,17-20,27-28,33,38,53-54,56,59,63H,1-6,11-16,21-22,51-52H2,(H,60,64)(H4,49,50,55)(H2,57,61,65)(H2,58,62,66). The Morgan fingerprint density at radius 2 is 1.19 bits per heavy atom. The minimum absolute atomic E-state index is 0.0501. The number of nitrogens with one attached hydrogen (secondary N) is 9. The lowest BCUT2D eigenvalue weighted by Crippen LogP contribution is -2.45. The van der Waals surface area contributed by atoms with Crippen molar-refractivity contribution in [3.63, 3.8) is 0 Å². The van der Waals surface area contributed by atoms with Gasteiger partial charge in [-0.25, -0.2) is 9.59 Å². The summed E-state index contributed by atoms with van der Waals surface area (Å²) in [6.45, 7) is 2.57. The summed E-state index contributed by atoms with van der Waals surface area (Å²) >= 11 is 0. The van der Waals surface area contributed by atoms with Crippen molar-refractivity contribution in [2.24, 2.45) is 27.9 Å². The maximum absolute atomic E-state index is 14.2. The van der Waals surface area contributed by atoms with Crippen molar-refractivity contribution < 1.29 is 55.3 Å². The summed E-state index contributed by atoms with van der Waals surface area (Å²) in [5, 5.41) is 34.7. The fourth-order valence-corrected chi connectivity index (χ4v) is 7.02. The molecule has 2 aliphatic heterocycles. The van der Waals surface area contributed by atoms with E-state index in [4.69, 9.17) is 32.4 Å². The molecule has 374 valence electrons. The van der Waals surface area contributed by atoms with Crippen LogP contribution in [-0.2, 0) is 17.1 Å². The van der Waals surface area contributed by atoms with Crippen LogP contribution in [0.5, 0.6) is 11.5 Å². The van der Waals surface area contributed by atoms with Gasteiger partial charge >= 0.3 is 24.4 Å².